The van der Waals surface area contributed by atoms with E-state index in [9.17, 15) is 9.90 Å². The van der Waals surface area contributed by atoms with Crippen LogP contribution < -0.4 is 4.74 Å². The number of phenolic OH excluding ortho intramolecular Hbond substituents is 1. The normalized spacial score (nSPS) is 17.8. The molecule has 1 N–H and O–H groups in total. The van der Waals surface area contributed by atoms with E-state index in [0.717, 1.165) is 16.9 Å². The van der Waals surface area contributed by atoms with Gasteiger partial charge in [-0.3, -0.25) is 4.79 Å². The van der Waals surface area contributed by atoms with E-state index in [1.165, 1.54) is 7.11 Å². The molecule has 0 aliphatic heterocycles. The zero-order valence-corrected chi connectivity index (χ0v) is 12.3. The van der Waals surface area contributed by atoms with Crippen molar-refractivity contribution < 1.29 is 24.1 Å². The lowest BCUT2D eigenvalue weighted by atomic mass is 9.94. The Labute approximate surface area is 123 Å². The van der Waals surface area contributed by atoms with Gasteiger partial charge in [-0.2, -0.15) is 0 Å². The van der Waals surface area contributed by atoms with Crippen molar-refractivity contribution in [1.29, 1.82) is 0 Å². The van der Waals surface area contributed by atoms with Crippen molar-refractivity contribution in [3.63, 3.8) is 0 Å². The number of methoxy groups -OCH3 is 3. The molecule has 112 valence electrons. The third-order valence-electron chi connectivity index (χ3n) is 3.48. The molecule has 0 fully saturated rings. The molecule has 1 aliphatic rings. The summed E-state index contributed by atoms with van der Waals surface area (Å²) in [5.74, 6) is 0.846. The van der Waals surface area contributed by atoms with Gasteiger partial charge in [0.25, 0.3) is 0 Å². The summed E-state index contributed by atoms with van der Waals surface area (Å²) in [4.78, 5) is 11.1. The van der Waals surface area contributed by atoms with Crippen molar-refractivity contribution in [2.45, 2.75) is 12.5 Å². The predicted octanol–water partition coefficient (Wildman–Crippen LogP) is 2.55. The highest BCUT2D eigenvalue weighted by Gasteiger charge is 2.20. The van der Waals surface area contributed by atoms with Crippen molar-refractivity contribution >= 4 is 11.9 Å². The maximum atomic E-state index is 11.1. The molecule has 0 saturated heterocycles. The lowest BCUT2D eigenvalue weighted by Gasteiger charge is -2.21. The Kier molecular flexibility index (Phi) is 4.65. The predicted molar refractivity (Wildman–Crippen MR) is 78.5 cm³/mol. The standard InChI is InChI=1S/C16H18O5/c1-19-12-4-5-13(14(8-12)20-2)10-6-11(9-17)16(18)15(7-10)21-3/h4-7,9,12,18H,8H2,1-3H3. The van der Waals surface area contributed by atoms with Crippen LogP contribution in [0.2, 0.25) is 0 Å². The molecule has 5 nitrogen and oxygen atoms in total. The van der Waals surface area contributed by atoms with Crippen molar-refractivity contribution in [3.8, 4) is 11.5 Å². The second-order valence-electron chi connectivity index (χ2n) is 4.61. The zero-order valence-electron chi connectivity index (χ0n) is 12.3. The third-order valence-corrected chi connectivity index (χ3v) is 3.48. The molecule has 1 aliphatic carbocycles. The van der Waals surface area contributed by atoms with E-state index in [1.54, 1.807) is 26.4 Å². The van der Waals surface area contributed by atoms with Crippen LogP contribution in [0.15, 0.2) is 30.0 Å². The van der Waals surface area contributed by atoms with Gasteiger partial charge in [0.1, 0.15) is 5.76 Å². The number of hydrogen-bond donors (Lipinski definition) is 1. The van der Waals surface area contributed by atoms with Crippen LogP contribution in [0, 0.1) is 0 Å². The van der Waals surface area contributed by atoms with Gasteiger partial charge < -0.3 is 19.3 Å². The summed E-state index contributed by atoms with van der Waals surface area (Å²) >= 11 is 0. The summed E-state index contributed by atoms with van der Waals surface area (Å²) in [7, 11) is 4.68. The molecule has 0 saturated carbocycles. The minimum Gasteiger partial charge on any atom is -0.504 e. The number of benzene rings is 1. The van der Waals surface area contributed by atoms with Gasteiger partial charge >= 0.3 is 0 Å². The zero-order chi connectivity index (χ0) is 15.4. The van der Waals surface area contributed by atoms with Crippen LogP contribution in [0.25, 0.3) is 5.57 Å². The second-order valence-corrected chi connectivity index (χ2v) is 4.61. The molecular formula is C16H18O5. The summed E-state index contributed by atoms with van der Waals surface area (Å²) in [6.07, 6.45) is 4.99. The van der Waals surface area contributed by atoms with Crippen LogP contribution in [0.3, 0.4) is 0 Å². The SMILES string of the molecule is COC1=C(c2cc(C=O)c(O)c(OC)c2)C=CC(OC)C1. The number of carbonyl (C=O) groups is 1. The van der Waals surface area contributed by atoms with Crippen LogP contribution in [0.5, 0.6) is 11.5 Å². The largest absolute Gasteiger partial charge is 0.504 e. The second kappa shape index (κ2) is 6.45. The fraction of sp³-hybridized carbons (Fsp3) is 0.312. The van der Waals surface area contributed by atoms with E-state index < -0.39 is 0 Å². The molecule has 0 amide bonds. The highest BCUT2D eigenvalue weighted by Crippen LogP contribution is 2.36. The number of rotatable bonds is 5. The Bertz CT molecular complexity index is 601. The van der Waals surface area contributed by atoms with Gasteiger partial charge in [-0.15, -0.1) is 0 Å². The van der Waals surface area contributed by atoms with Crippen LogP contribution in [-0.2, 0) is 9.47 Å². The number of carbonyl (C=O) groups excluding carboxylic acids is 1. The number of allylic oxidation sites excluding steroid dienone is 2. The van der Waals surface area contributed by atoms with Gasteiger partial charge in [0.15, 0.2) is 17.8 Å². The van der Waals surface area contributed by atoms with Crippen LogP contribution in [0.4, 0.5) is 0 Å². The maximum absolute atomic E-state index is 11.1. The van der Waals surface area contributed by atoms with Gasteiger partial charge in [0.05, 0.1) is 25.9 Å². The Balaban J connectivity index is 2.53. The van der Waals surface area contributed by atoms with Crippen molar-refractivity contribution in [3.05, 3.63) is 41.2 Å². The third kappa shape index (κ3) is 2.92. The molecular weight excluding hydrogens is 272 g/mol. The molecule has 1 aromatic carbocycles. The summed E-state index contributed by atoms with van der Waals surface area (Å²) < 4.78 is 15.8. The summed E-state index contributed by atoms with van der Waals surface area (Å²) in [5, 5.41) is 9.87. The number of aromatic hydroxyl groups is 1. The first kappa shape index (κ1) is 15.1. The summed E-state index contributed by atoms with van der Waals surface area (Å²) in [5.41, 5.74) is 1.76. The molecule has 21 heavy (non-hydrogen) atoms. The average molecular weight is 290 g/mol. The highest BCUT2D eigenvalue weighted by molar-refractivity contribution is 5.86. The van der Waals surface area contributed by atoms with Gasteiger partial charge in [0.2, 0.25) is 0 Å². The van der Waals surface area contributed by atoms with Crippen LogP contribution >= 0.6 is 0 Å². The van der Waals surface area contributed by atoms with Gasteiger partial charge in [0, 0.05) is 19.1 Å². The molecule has 2 rings (SSSR count). The van der Waals surface area contributed by atoms with Crippen LogP contribution in [0.1, 0.15) is 22.3 Å². The first-order chi connectivity index (χ1) is 10.1. The van der Waals surface area contributed by atoms with Crippen LogP contribution in [-0.4, -0.2) is 38.8 Å². The van der Waals surface area contributed by atoms with E-state index in [0.29, 0.717) is 12.7 Å². The number of phenols is 1. The van der Waals surface area contributed by atoms with Crippen molar-refractivity contribution in [1.82, 2.24) is 0 Å². The first-order valence-electron chi connectivity index (χ1n) is 6.49. The van der Waals surface area contributed by atoms with Gasteiger partial charge in [-0.1, -0.05) is 12.2 Å². The van der Waals surface area contributed by atoms with Crippen molar-refractivity contribution in [2.24, 2.45) is 0 Å². The van der Waals surface area contributed by atoms with Gasteiger partial charge in [-0.25, -0.2) is 0 Å². The molecule has 0 spiro atoms. The maximum Gasteiger partial charge on any atom is 0.168 e. The van der Waals surface area contributed by atoms with Crippen molar-refractivity contribution in [2.75, 3.05) is 21.3 Å². The Morgan fingerprint density at radius 3 is 2.57 bits per heavy atom. The Morgan fingerprint density at radius 1 is 1.24 bits per heavy atom. The quantitative estimate of drug-likeness (QED) is 0.844. The van der Waals surface area contributed by atoms with E-state index in [4.69, 9.17) is 14.2 Å². The van der Waals surface area contributed by atoms with Gasteiger partial charge in [-0.05, 0) is 17.7 Å². The molecule has 1 aromatic rings. The fourth-order valence-electron chi connectivity index (χ4n) is 2.30. The lowest BCUT2D eigenvalue weighted by Crippen LogP contribution is -2.13. The summed E-state index contributed by atoms with van der Waals surface area (Å²) in [6, 6.07) is 3.28. The average Bonchev–Trinajstić information content (AvgIpc) is 2.54. The Morgan fingerprint density at radius 2 is 2.00 bits per heavy atom. The molecule has 1 atom stereocenters. The topological polar surface area (TPSA) is 65.0 Å². The molecule has 0 aromatic heterocycles. The number of hydrogen-bond acceptors (Lipinski definition) is 5. The van der Waals surface area contributed by atoms with E-state index in [2.05, 4.69) is 0 Å². The smallest absolute Gasteiger partial charge is 0.168 e. The van der Waals surface area contributed by atoms with E-state index >= 15 is 0 Å². The minimum atomic E-state index is -0.162. The molecule has 5 heteroatoms. The number of ether oxygens (including phenoxy) is 3. The summed E-state index contributed by atoms with van der Waals surface area (Å²) in [6.45, 7) is 0. The van der Waals surface area contributed by atoms with E-state index in [-0.39, 0.29) is 23.2 Å². The molecule has 1 unspecified atom stereocenters. The molecule has 0 bridgehead atoms. The van der Waals surface area contributed by atoms with E-state index in [1.807, 2.05) is 12.2 Å². The monoisotopic (exact) mass is 290 g/mol. The lowest BCUT2D eigenvalue weighted by molar-refractivity contribution is 0.112. The highest BCUT2D eigenvalue weighted by atomic mass is 16.5. The number of aldehydes is 1. The Hall–Kier alpha value is -2.27. The molecule has 0 radical (unpaired) electrons. The minimum absolute atomic E-state index is 0.0340. The fourth-order valence-corrected chi connectivity index (χ4v) is 2.30. The molecule has 0 heterocycles. The first-order valence-corrected chi connectivity index (χ1v) is 6.49.